The average molecular weight is 424 g/mol. The summed E-state index contributed by atoms with van der Waals surface area (Å²) in [5.41, 5.74) is 4.24. The van der Waals surface area contributed by atoms with Crippen LogP contribution in [0.1, 0.15) is 10.4 Å². The van der Waals surface area contributed by atoms with Crippen molar-refractivity contribution >= 4 is 56.8 Å². The number of primary amides is 1. The van der Waals surface area contributed by atoms with Crippen LogP contribution in [0, 0.1) is 11.6 Å². The van der Waals surface area contributed by atoms with Crippen molar-refractivity contribution in [1.82, 2.24) is 0 Å². The topological polar surface area (TPSA) is 63.4 Å². The van der Waals surface area contributed by atoms with E-state index in [9.17, 15) is 18.4 Å². The van der Waals surface area contributed by atoms with E-state index in [2.05, 4.69) is 15.9 Å². The number of carbonyl (C=O) groups excluding carboxylic acids is 2. The molecule has 0 bridgehead atoms. The Morgan fingerprint density at radius 3 is 2.17 bits per heavy atom. The second-order valence-corrected chi connectivity index (χ2v) is 5.96. The molecule has 0 aliphatic carbocycles. The number of halogens is 5. The van der Waals surface area contributed by atoms with E-state index in [0.29, 0.717) is 6.07 Å². The zero-order valence-corrected chi connectivity index (χ0v) is 14.2. The maximum atomic E-state index is 14.1. The first-order valence-corrected chi connectivity index (χ1v) is 7.51. The molecule has 0 spiro atoms. The normalized spacial score (nSPS) is 10.5. The number of amides is 3. The van der Waals surface area contributed by atoms with Crippen molar-refractivity contribution in [3.8, 4) is 0 Å². The van der Waals surface area contributed by atoms with Gasteiger partial charge in [0.25, 0.3) is 5.91 Å². The third-order valence-electron chi connectivity index (χ3n) is 2.83. The van der Waals surface area contributed by atoms with Crippen LogP contribution in [0.2, 0.25) is 10.0 Å². The van der Waals surface area contributed by atoms with Gasteiger partial charge in [0.2, 0.25) is 0 Å². The molecular formula is C14H7BrCl2F2N2O2. The van der Waals surface area contributed by atoms with Gasteiger partial charge >= 0.3 is 6.03 Å². The summed E-state index contributed by atoms with van der Waals surface area (Å²) in [6, 6.07) is 4.31. The molecule has 9 heteroatoms. The van der Waals surface area contributed by atoms with Crippen LogP contribution in [0.4, 0.5) is 19.3 Å². The molecule has 0 aliphatic rings. The molecule has 0 atom stereocenters. The largest absolute Gasteiger partial charge is 0.351 e. The number of benzene rings is 2. The molecule has 2 N–H and O–H groups in total. The molecule has 0 heterocycles. The van der Waals surface area contributed by atoms with Gasteiger partial charge in [-0.25, -0.2) is 18.5 Å². The van der Waals surface area contributed by atoms with Crippen LogP contribution in [0.3, 0.4) is 0 Å². The number of carbonyl (C=O) groups is 2. The second-order valence-electron chi connectivity index (χ2n) is 4.29. The summed E-state index contributed by atoms with van der Waals surface area (Å²) < 4.78 is 27.5. The van der Waals surface area contributed by atoms with Crippen molar-refractivity contribution in [3.05, 3.63) is 62.0 Å². The molecule has 120 valence electrons. The lowest BCUT2D eigenvalue weighted by Crippen LogP contribution is -2.41. The molecule has 0 fully saturated rings. The van der Waals surface area contributed by atoms with Crippen LogP contribution in [0.5, 0.6) is 0 Å². The van der Waals surface area contributed by atoms with Gasteiger partial charge in [-0.05, 0) is 34.1 Å². The van der Waals surface area contributed by atoms with Gasteiger partial charge in [0, 0.05) is 6.07 Å². The summed E-state index contributed by atoms with van der Waals surface area (Å²) in [5.74, 6) is -2.99. The van der Waals surface area contributed by atoms with Gasteiger partial charge in [-0.3, -0.25) is 4.79 Å². The zero-order valence-electron chi connectivity index (χ0n) is 11.1. The van der Waals surface area contributed by atoms with Gasteiger partial charge in [-0.1, -0.05) is 29.3 Å². The number of nitrogens with zero attached hydrogens (tertiary/aromatic N) is 1. The summed E-state index contributed by atoms with van der Waals surface area (Å²) >= 11 is 14.6. The van der Waals surface area contributed by atoms with E-state index in [-0.39, 0.29) is 25.0 Å². The number of anilines is 1. The van der Waals surface area contributed by atoms with Gasteiger partial charge in [-0.15, -0.1) is 0 Å². The van der Waals surface area contributed by atoms with Gasteiger partial charge in [-0.2, -0.15) is 0 Å². The molecule has 23 heavy (non-hydrogen) atoms. The molecule has 0 aliphatic heterocycles. The zero-order chi connectivity index (χ0) is 17.3. The van der Waals surface area contributed by atoms with Crippen LogP contribution < -0.4 is 10.6 Å². The Bertz CT molecular complexity index is 797. The van der Waals surface area contributed by atoms with Crippen LogP contribution in [-0.4, -0.2) is 11.9 Å². The molecule has 0 saturated carbocycles. The fraction of sp³-hybridized carbons (Fsp3) is 0. The quantitative estimate of drug-likeness (QED) is 0.707. The van der Waals surface area contributed by atoms with Gasteiger partial charge < -0.3 is 5.73 Å². The van der Waals surface area contributed by atoms with Crippen LogP contribution >= 0.6 is 39.1 Å². The fourth-order valence-electron chi connectivity index (χ4n) is 1.83. The van der Waals surface area contributed by atoms with Crippen molar-refractivity contribution in [2.45, 2.75) is 0 Å². The lowest BCUT2D eigenvalue weighted by molar-refractivity contribution is 0.0994. The van der Waals surface area contributed by atoms with Crippen molar-refractivity contribution in [2.24, 2.45) is 5.73 Å². The number of hydrogen-bond donors (Lipinski definition) is 1. The summed E-state index contributed by atoms with van der Waals surface area (Å²) in [6.45, 7) is 0. The van der Waals surface area contributed by atoms with Crippen LogP contribution in [0.25, 0.3) is 0 Å². The van der Waals surface area contributed by atoms with Gasteiger partial charge in [0.05, 0.1) is 25.8 Å². The molecule has 2 aromatic carbocycles. The third kappa shape index (κ3) is 3.46. The highest BCUT2D eigenvalue weighted by atomic mass is 79.9. The summed E-state index contributed by atoms with van der Waals surface area (Å²) in [6.07, 6.45) is 0. The number of nitrogens with two attached hydrogens (primary N) is 1. The predicted molar refractivity (Wildman–Crippen MR) is 86.9 cm³/mol. The van der Waals surface area contributed by atoms with E-state index in [1.54, 1.807) is 0 Å². The first kappa shape index (κ1) is 17.7. The number of imide groups is 1. The van der Waals surface area contributed by atoms with E-state index in [0.717, 1.165) is 6.07 Å². The Kier molecular flexibility index (Phi) is 5.23. The van der Waals surface area contributed by atoms with E-state index in [1.165, 1.54) is 18.2 Å². The highest BCUT2D eigenvalue weighted by molar-refractivity contribution is 9.10. The molecule has 4 nitrogen and oxygen atoms in total. The number of hydrogen-bond acceptors (Lipinski definition) is 2. The van der Waals surface area contributed by atoms with Gasteiger partial charge in [0.15, 0.2) is 0 Å². The molecule has 0 radical (unpaired) electrons. The molecule has 0 aromatic heterocycles. The predicted octanol–water partition coefficient (Wildman–Crippen LogP) is 4.76. The van der Waals surface area contributed by atoms with Crippen molar-refractivity contribution in [3.63, 3.8) is 0 Å². The van der Waals surface area contributed by atoms with Crippen LogP contribution in [-0.2, 0) is 0 Å². The smallest absolute Gasteiger partial charge is 0.326 e. The maximum Gasteiger partial charge on any atom is 0.326 e. The van der Waals surface area contributed by atoms with E-state index in [4.69, 9.17) is 28.9 Å². The highest BCUT2D eigenvalue weighted by Crippen LogP contribution is 2.31. The number of rotatable bonds is 2. The summed E-state index contributed by atoms with van der Waals surface area (Å²) in [4.78, 5) is 24.4. The minimum Gasteiger partial charge on any atom is -0.351 e. The highest BCUT2D eigenvalue weighted by Gasteiger charge is 2.29. The Labute approximate surface area is 147 Å². The Morgan fingerprint density at radius 1 is 1.09 bits per heavy atom. The van der Waals surface area contributed by atoms with Crippen LogP contribution in [0.15, 0.2) is 34.8 Å². The SMILES string of the molecule is NC(=O)N(C(=O)c1c(Cl)cccc1Cl)c1cc(F)c(Br)cc1F. The fourth-order valence-corrected chi connectivity index (χ4v) is 2.70. The maximum absolute atomic E-state index is 14.1. The Hall–Kier alpha value is -1.70. The van der Waals surface area contributed by atoms with Crippen molar-refractivity contribution < 1.29 is 18.4 Å². The monoisotopic (exact) mass is 422 g/mol. The van der Waals surface area contributed by atoms with Crippen molar-refractivity contribution in [2.75, 3.05) is 4.90 Å². The lowest BCUT2D eigenvalue weighted by Gasteiger charge is -2.20. The standard InChI is InChI=1S/C14H7BrCl2F2N2O2/c15-6-4-10(19)11(5-9(6)18)21(14(20)23)13(22)12-7(16)2-1-3-8(12)17/h1-5H,(H2,20,23). The summed E-state index contributed by atoms with van der Waals surface area (Å²) in [5, 5.41) is -0.126. The molecule has 3 amide bonds. The molecule has 2 rings (SSSR count). The first-order valence-electron chi connectivity index (χ1n) is 5.96. The van der Waals surface area contributed by atoms with E-state index >= 15 is 0 Å². The third-order valence-corrected chi connectivity index (χ3v) is 4.07. The molecular weight excluding hydrogens is 417 g/mol. The minimum atomic E-state index is -1.31. The Morgan fingerprint density at radius 2 is 1.65 bits per heavy atom. The number of urea groups is 1. The summed E-state index contributed by atoms with van der Waals surface area (Å²) in [7, 11) is 0. The van der Waals surface area contributed by atoms with E-state index < -0.39 is 29.3 Å². The minimum absolute atomic E-state index is 0.0632. The van der Waals surface area contributed by atoms with E-state index in [1.807, 2.05) is 0 Å². The molecule has 0 saturated heterocycles. The van der Waals surface area contributed by atoms with Gasteiger partial charge in [0.1, 0.15) is 11.6 Å². The molecule has 0 unspecified atom stereocenters. The molecule has 2 aromatic rings. The van der Waals surface area contributed by atoms with Crippen molar-refractivity contribution in [1.29, 1.82) is 0 Å². The first-order chi connectivity index (χ1) is 10.7. The second kappa shape index (κ2) is 6.82. The Balaban J connectivity index is 2.63. The average Bonchev–Trinajstić information content (AvgIpc) is 2.44. The lowest BCUT2D eigenvalue weighted by atomic mass is 10.1.